The van der Waals surface area contributed by atoms with Crippen LogP contribution in [0.25, 0.3) is 0 Å². The van der Waals surface area contributed by atoms with Gasteiger partial charge < -0.3 is 5.11 Å². The molecule has 0 spiro atoms. The van der Waals surface area contributed by atoms with E-state index in [-0.39, 0.29) is 0 Å². The summed E-state index contributed by atoms with van der Waals surface area (Å²) in [7, 11) is 0. The first-order valence-electron chi connectivity index (χ1n) is 4.33. The number of hydrazone groups is 1. The first kappa shape index (κ1) is 10.5. The highest BCUT2D eigenvalue weighted by Crippen LogP contribution is 2.20. The summed E-state index contributed by atoms with van der Waals surface area (Å²) in [4.78, 5) is 10.6. The predicted octanol–water partition coefficient (Wildman–Crippen LogP) is 0.224. The van der Waals surface area contributed by atoms with Gasteiger partial charge in [-0.1, -0.05) is 0 Å². The molecule has 0 aromatic rings. The van der Waals surface area contributed by atoms with Gasteiger partial charge in [0.25, 0.3) is 5.91 Å². The Morgan fingerprint density at radius 3 is 3.23 bits per heavy atom. The van der Waals surface area contributed by atoms with E-state index in [1.54, 1.807) is 6.21 Å². The van der Waals surface area contributed by atoms with Gasteiger partial charge in [-0.2, -0.15) is 16.9 Å². The molecule has 1 unspecified atom stereocenters. The summed E-state index contributed by atoms with van der Waals surface area (Å²) >= 11 is 1.91. The second-order valence-electron chi connectivity index (χ2n) is 2.95. The van der Waals surface area contributed by atoms with Crippen molar-refractivity contribution in [3.8, 4) is 0 Å². The summed E-state index contributed by atoms with van der Waals surface area (Å²) in [6.07, 6.45) is 4.13. The Labute approximate surface area is 81.8 Å². The van der Waals surface area contributed by atoms with E-state index in [9.17, 15) is 4.79 Å². The highest BCUT2D eigenvalue weighted by atomic mass is 32.2. The molecule has 1 fully saturated rings. The van der Waals surface area contributed by atoms with Crippen LogP contribution >= 0.6 is 11.8 Å². The van der Waals surface area contributed by atoms with Gasteiger partial charge in [-0.15, -0.1) is 0 Å². The molecule has 5 heteroatoms. The molecule has 0 radical (unpaired) electrons. The second kappa shape index (κ2) is 5.99. The number of hydrogen-bond acceptors (Lipinski definition) is 4. The molecule has 0 bridgehead atoms. The van der Waals surface area contributed by atoms with E-state index in [2.05, 4.69) is 10.5 Å². The standard InChI is InChI=1S/C8H14N2O2S/c11-5-8(12)10-9-4-7-2-1-3-13-6-7/h4,7,11H,1-3,5-6H2,(H,10,12)/b9-4+. The number of amides is 1. The minimum atomic E-state index is -0.503. The topological polar surface area (TPSA) is 61.7 Å². The van der Waals surface area contributed by atoms with Crippen molar-refractivity contribution in [1.82, 2.24) is 5.43 Å². The average molecular weight is 202 g/mol. The minimum Gasteiger partial charge on any atom is -0.386 e. The molecule has 0 aromatic carbocycles. The molecule has 13 heavy (non-hydrogen) atoms. The lowest BCUT2D eigenvalue weighted by Gasteiger charge is -2.16. The van der Waals surface area contributed by atoms with Crippen LogP contribution in [-0.2, 0) is 4.79 Å². The summed E-state index contributed by atoms with van der Waals surface area (Å²) < 4.78 is 0. The molecule has 2 N–H and O–H groups in total. The maximum Gasteiger partial charge on any atom is 0.265 e. The smallest absolute Gasteiger partial charge is 0.265 e. The SMILES string of the molecule is O=C(CO)N/N=C/C1CCCSC1. The third kappa shape index (κ3) is 4.28. The van der Waals surface area contributed by atoms with Crippen molar-refractivity contribution in [2.45, 2.75) is 12.8 Å². The Morgan fingerprint density at radius 1 is 1.77 bits per heavy atom. The summed E-state index contributed by atoms with van der Waals surface area (Å²) in [6.45, 7) is -0.503. The number of aliphatic hydroxyl groups excluding tert-OH is 1. The van der Waals surface area contributed by atoms with Crippen LogP contribution in [-0.4, -0.2) is 35.3 Å². The van der Waals surface area contributed by atoms with Gasteiger partial charge in [-0.3, -0.25) is 4.79 Å². The quantitative estimate of drug-likeness (QED) is 0.508. The molecule has 1 rings (SSSR count). The summed E-state index contributed by atoms with van der Waals surface area (Å²) in [5.74, 6) is 2.32. The van der Waals surface area contributed by atoms with Gasteiger partial charge >= 0.3 is 0 Å². The van der Waals surface area contributed by atoms with Crippen LogP contribution in [0.2, 0.25) is 0 Å². The predicted molar refractivity (Wildman–Crippen MR) is 53.8 cm³/mol. The minimum absolute atomic E-state index is 0.459. The average Bonchev–Trinajstić information content (AvgIpc) is 2.19. The van der Waals surface area contributed by atoms with E-state index in [4.69, 9.17) is 5.11 Å². The fourth-order valence-electron chi connectivity index (χ4n) is 1.13. The number of carbonyl (C=O) groups excluding carboxylic acids is 1. The highest BCUT2D eigenvalue weighted by Gasteiger charge is 2.10. The summed E-state index contributed by atoms with van der Waals surface area (Å²) in [5, 5.41) is 12.1. The molecular weight excluding hydrogens is 188 g/mol. The zero-order chi connectivity index (χ0) is 9.52. The maximum atomic E-state index is 10.6. The molecule has 74 valence electrons. The third-order valence-corrected chi connectivity index (χ3v) is 3.05. The molecule has 1 atom stereocenters. The molecule has 1 saturated heterocycles. The van der Waals surface area contributed by atoms with Crippen molar-refractivity contribution < 1.29 is 9.90 Å². The van der Waals surface area contributed by atoms with Crippen molar-refractivity contribution in [3.05, 3.63) is 0 Å². The van der Waals surface area contributed by atoms with E-state index in [1.807, 2.05) is 11.8 Å². The summed E-state index contributed by atoms with van der Waals surface area (Å²) in [6, 6.07) is 0. The number of carbonyl (C=O) groups is 1. The van der Waals surface area contributed by atoms with E-state index in [1.165, 1.54) is 12.2 Å². The van der Waals surface area contributed by atoms with Gasteiger partial charge in [0.05, 0.1) is 0 Å². The lowest BCUT2D eigenvalue weighted by molar-refractivity contribution is -0.123. The van der Waals surface area contributed by atoms with Crippen molar-refractivity contribution in [3.63, 3.8) is 0 Å². The van der Waals surface area contributed by atoms with Gasteiger partial charge in [-0.05, 0) is 18.6 Å². The van der Waals surface area contributed by atoms with Gasteiger partial charge in [0.15, 0.2) is 0 Å². The highest BCUT2D eigenvalue weighted by molar-refractivity contribution is 7.99. The number of nitrogens with zero attached hydrogens (tertiary/aromatic N) is 1. The van der Waals surface area contributed by atoms with E-state index in [0.717, 1.165) is 12.2 Å². The Morgan fingerprint density at radius 2 is 2.62 bits per heavy atom. The Balaban J connectivity index is 2.18. The van der Waals surface area contributed by atoms with Crippen LogP contribution in [0.1, 0.15) is 12.8 Å². The molecule has 1 amide bonds. The second-order valence-corrected chi connectivity index (χ2v) is 4.10. The van der Waals surface area contributed by atoms with Gasteiger partial charge in [0.2, 0.25) is 0 Å². The van der Waals surface area contributed by atoms with Gasteiger partial charge in [-0.25, -0.2) is 5.43 Å². The van der Waals surface area contributed by atoms with Crippen LogP contribution in [0.5, 0.6) is 0 Å². The molecule has 4 nitrogen and oxygen atoms in total. The summed E-state index contributed by atoms with van der Waals surface area (Å²) in [5.41, 5.74) is 2.25. The van der Waals surface area contributed by atoms with Crippen LogP contribution in [0.15, 0.2) is 5.10 Å². The molecule has 0 saturated carbocycles. The van der Waals surface area contributed by atoms with Crippen molar-refractivity contribution >= 4 is 23.9 Å². The zero-order valence-electron chi connectivity index (χ0n) is 7.40. The van der Waals surface area contributed by atoms with Gasteiger partial charge in [0.1, 0.15) is 6.61 Å². The maximum absolute atomic E-state index is 10.6. The Hall–Kier alpha value is -0.550. The molecule has 1 heterocycles. The fraction of sp³-hybridized carbons (Fsp3) is 0.750. The molecule has 0 aliphatic carbocycles. The lowest BCUT2D eigenvalue weighted by atomic mass is 10.1. The molecule has 0 aromatic heterocycles. The number of thioether (sulfide) groups is 1. The largest absolute Gasteiger partial charge is 0.386 e. The van der Waals surface area contributed by atoms with Crippen LogP contribution in [0, 0.1) is 5.92 Å². The third-order valence-electron chi connectivity index (χ3n) is 1.81. The fourth-order valence-corrected chi connectivity index (χ4v) is 2.23. The van der Waals surface area contributed by atoms with Crippen LogP contribution < -0.4 is 5.43 Å². The van der Waals surface area contributed by atoms with Gasteiger partial charge in [0, 0.05) is 17.9 Å². The van der Waals surface area contributed by atoms with E-state index < -0.39 is 12.5 Å². The number of nitrogens with one attached hydrogen (secondary N) is 1. The van der Waals surface area contributed by atoms with Crippen LogP contribution in [0.4, 0.5) is 0 Å². The Bertz CT molecular complexity index is 191. The van der Waals surface area contributed by atoms with Crippen molar-refractivity contribution in [1.29, 1.82) is 0 Å². The van der Waals surface area contributed by atoms with Crippen LogP contribution in [0.3, 0.4) is 0 Å². The monoisotopic (exact) mass is 202 g/mol. The molecule has 1 aliphatic heterocycles. The van der Waals surface area contributed by atoms with E-state index in [0.29, 0.717) is 5.92 Å². The van der Waals surface area contributed by atoms with E-state index >= 15 is 0 Å². The van der Waals surface area contributed by atoms with Crippen molar-refractivity contribution in [2.75, 3.05) is 18.1 Å². The van der Waals surface area contributed by atoms with Crippen molar-refractivity contribution in [2.24, 2.45) is 11.0 Å². The first-order chi connectivity index (χ1) is 6.33. The molecular formula is C8H14N2O2S. The normalized spacial score (nSPS) is 23.3. The lowest BCUT2D eigenvalue weighted by Crippen LogP contribution is -2.22. The number of hydrogen-bond donors (Lipinski definition) is 2. The number of aliphatic hydroxyl groups is 1. The number of rotatable bonds is 3. The zero-order valence-corrected chi connectivity index (χ0v) is 8.22. The Kier molecular flexibility index (Phi) is 4.85. The first-order valence-corrected chi connectivity index (χ1v) is 5.49. The molecule has 1 aliphatic rings.